The van der Waals surface area contributed by atoms with E-state index in [-0.39, 0.29) is 19.3 Å². The van der Waals surface area contributed by atoms with E-state index in [0.717, 1.165) is 173 Å². The fourth-order valence-corrected chi connectivity index (χ4v) is 13.5. The number of ether oxygens (including phenoxy) is 3. The lowest BCUT2D eigenvalue weighted by Crippen LogP contribution is -2.30. The number of aliphatic hydroxyl groups is 2. The van der Waals surface area contributed by atoms with Crippen molar-refractivity contribution in [3.63, 3.8) is 0 Å². The molecule has 16 nitrogen and oxygen atoms in total. The Hall–Kier alpha value is -4.83. The van der Waals surface area contributed by atoms with Crippen molar-refractivity contribution in [3.05, 3.63) is 158 Å². The number of phosphoric ester groups is 2. The van der Waals surface area contributed by atoms with Crippen LogP contribution < -0.4 is 0 Å². The third kappa shape index (κ3) is 87.8. The van der Waals surface area contributed by atoms with Gasteiger partial charge in [-0.1, -0.05) is 352 Å². The highest BCUT2D eigenvalue weighted by molar-refractivity contribution is 7.47. The average Bonchev–Trinajstić information content (AvgIpc) is 0.899. The molecule has 0 bridgehead atoms. The minimum absolute atomic E-state index is 0.0865. The number of unbranched alkanes of at least 4 members (excludes halogenated alkanes) is 35. The van der Waals surface area contributed by atoms with Crippen LogP contribution in [0.2, 0.25) is 0 Å². The standard InChI is InChI=1S/C95H162O16P2/c1-4-7-10-13-16-19-22-25-28-31-34-36-38-40-42-43-44-45-47-49-50-52-55-57-60-63-66-69-72-75-78-81-93(98)105-84-90(96)85-107-112(101,102)108-86-91(97)87-109-113(103,104)110-89-92(111-95(100)83-80-77-74-71-68-65-62-59-54-33-30-27-24-21-18-15-12-9-6-3)88-106-94(99)82-79-76-73-70-67-64-61-58-56-53-51-48-46-41-39-37-35-32-29-26-23-20-17-14-11-8-5-2/h7,10,16-21,25-30,34-37,40-42,44-46,54,59,90-92,96-97H,4-6,8-9,11-15,22-24,31-33,38-39,43,47-53,55-58,60-89H2,1-3H3,(H,101,102)(H,103,104)/b10-7-,19-16-,20-17-,21-18-,28-25-,29-26-,30-27-,36-34-,37-35-,42-40-,45-44-,46-41-,59-54-. The Kier molecular flexibility index (Phi) is 82.8. The van der Waals surface area contributed by atoms with Gasteiger partial charge >= 0.3 is 33.6 Å². The van der Waals surface area contributed by atoms with Gasteiger partial charge in [0.05, 0.1) is 26.4 Å². The molecule has 0 radical (unpaired) electrons. The molecule has 0 aromatic rings. The van der Waals surface area contributed by atoms with Crippen LogP contribution in [0, 0.1) is 0 Å². The second kappa shape index (κ2) is 86.5. The molecule has 5 unspecified atom stereocenters. The Labute approximate surface area is 689 Å². The van der Waals surface area contributed by atoms with Gasteiger partial charge in [-0.25, -0.2) is 9.13 Å². The summed E-state index contributed by atoms with van der Waals surface area (Å²) in [5.41, 5.74) is 0. The van der Waals surface area contributed by atoms with E-state index in [1.807, 2.05) is 0 Å². The summed E-state index contributed by atoms with van der Waals surface area (Å²) in [4.78, 5) is 58.9. The lowest BCUT2D eigenvalue weighted by atomic mass is 10.0. The van der Waals surface area contributed by atoms with Crippen LogP contribution in [-0.2, 0) is 55.8 Å². The zero-order valence-corrected chi connectivity index (χ0v) is 73.0. The van der Waals surface area contributed by atoms with Gasteiger partial charge in [-0.15, -0.1) is 0 Å². The monoisotopic (exact) mass is 1620 g/mol. The van der Waals surface area contributed by atoms with E-state index in [9.17, 15) is 43.5 Å². The second-order valence-electron chi connectivity index (χ2n) is 29.7. The highest BCUT2D eigenvalue weighted by Crippen LogP contribution is 2.45. The Morgan fingerprint density at radius 3 is 0.743 bits per heavy atom. The molecule has 0 fully saturated rings. The molecule has 0 rings (SSSR count). The van der Waals surface area contributed by atoms with E-state index < -0.39 is 91.5 Å². The van der Waals surface area contributed by atoms with Gasteiger partial charge in [0.1, 0.15) is 25.4 Å². The Morgan fingerprint density at radius 1 is 0.257 bits per heavy atom. The van der Waals surface area contributed by atoms with Crippen molar-refractivity contribution in [1.82, 2.24) is 0 Å². The first-order valence-corrected chi connectivity index (χ1v) is 47.8. The summed E-state index contributed by atoms with van der Waals surface area (Å²) >= 11 is 0. The summed E-state index contributed by atoms with van der Waals surface area (Å²) in [6.07, 6.45) is 110. The number of rotatable bonds is 84. The van der Waals surface area contributed by atoms with Gasteiger partial charge in [0.25, 0.3) is 0 Å². The molecule has 0 aromatic carbocycles. The van der Waals surface area contributed by atoms with Crippen LogP contribution in [0.25, 0.3) is 0 Å². The molecule has 4 N–H and O–H groups in total. The van der Waals surface area contributed by atoms with E-state index in [0.29, 0.717) is 19.3 Å². The SMILES string of the molecule is CC/C=C\C/C=C\C/C=C\C/C=C\C/C=C\C/C=C\CCCCCCCCCCCCCCC(=O)OCC(O)COP(=O)(O)OCC(O)COP(=O)(O)OCC(COC(=O)CCCCCCCCCCCCC/C=C\C/C=C\C/C=C\C/C=C\CCCCC)OC(=O)CCCCCCCC/C=C\C/C=C\C/C=C\CCCCC. The zero-order valence-electron chi connectivity index (χ0n) is 71.3. The molecule has 0 spiro atoms. The largest absolute Gasteiger partial charge is 0.472 e. The first-order chi connectivity index (χ1) is 55.2. The average molecular weight is 1620 g/mol. The molecule has 0 aliphatic heterocycles. The van der Waals surface area contributed by atoms with Gasteiger partial charge in [0.2, 0.25) is 0 Å². The molecular weight excluding hydrogens is 1460 g/mol. The second-order valence-corrected chi connectivity index (χ2v) is 32.6. The van der Waals surface area contributed by atoms with E-state index in [4.69, 9.17) is 32.3 Å². The minimum atomic E-state index is -4.95. The first kappa shape index (κ1) is 108. The number of esters is 3. The number of hydrogen-bond acceptors (Lipinski definition) is 14. The highest BCUT2D eigenvalue weighted by atomic mass is 31.2. The Morgan fingerprint density at radius 2 is 0.469 bits per heavy atom. The molecule has 0 amide bonds. The van der Waals surface area contributed by atoms with Gasteiger partial charge in [-0.3, -0.25) is 32.5 Å². The molecule has 0 saturated heterocycles. The summed E-state index contributed by atoms with van der Waals surface area (Å²) in [6.45, 7) is 2.53. The van der Waals surface area contributed by atoms with Crippen LogP contribution in [0.5, 0.6) is 0 Å². The van der Waals surface area contributed by atoms with Gasteiger partial charge < -0.3 is 34.2 Å². The zero-order chi connectivity index (χ0) is 82.2. The number of carbonyl (C=O) groups excluding carboxylic acids is 3. The minimum Gasteiger partial charge on any atom is -0.463 e. The number of aliphatic hydroxyl groups excluding tert-OH is 2. The van der Waals surface area contributed by atoms with Gasteiger partial charge in [0, 0.05) is 19.3 Å². The predicted octanol–water partition coefficient (Wildman–Crippen LogP) is 27.3. The number of phosphoric acid groups is 2. The van der Waals surface area contributed by atoms with Crippen molar-refractivity contribution in [1.29, 1.82) is 0 Å². The lowest BCUT2D eigenvalue weighted by Gasteiger charge is -2.21. The number of carbonyl (C=O) groups is 3. The highest BCUT2D eigenvalue weighted by Gasteiger charge is 2.29. The normalized spacial score (nSPS) is 14.6. The predicted molar refractivity (Wildman–Crippen MR) is 472 cm³/mol. The molecule has 0 heterocycles. The van der Waals surface area contributed by atoms with Crippen molar-refractivity contribution in [2.75, 3.05) is 39.6 Å². The molecule has 113 heavy (non-hydrogen) atoms. The quantitative estimate of drug-likeness (QED) is 0.0146. The van der Waals surface area contributed by atoms with E-state index in [2.05, 4.69) is 179 Å². The lowest BCUT2D eigenvalue weighted by molar-refractivity contribution is -0.161. The van der Waals surface area contributed by atoms with Crippen LogP contribution in [0.15, 0.2) is 158 Å². The first-order valence-electron chi connectivity index (χ1n) is 44.8. The molecule has 0 aliphatic rings. The van der Waals surface area contributed by atoms with E-state index in [1.165, 1.54) is 135 Å². The fourth-order valence-electron chi connectivity index (χ4n) is 11.9. The summed E-state index contributed by atoms with van der Waals surface area (Å²) < 4.78 is 61.4. The Balaban J connectivity index is 4.59. The van der Waals surface area contributed by atoms with Crippen molar-refractivity contribution < 1.29 is 75.8 Å². The molecule has 0 saturated carbocycles. The van der Waals surface area contributed by atoms with Gasteiger partial charge in [0.15, 0.2) is 6.10 Å². The molecule has 18 heteroatoms. The molecule has 648 valence electrons. The third-order valence-corrected chi connectivity index (χ3v) is 20.6. The number of allylic oxidation sites excluding steroid dienone is 26. The van der Waals surface area contributed by atoms with Crippen LogP contribution in [-0.4, -0.2) is 95.9 Å². The molecular formula is C95H162O16P2. The van der Waals surface area contributed by atoms with Crippen LogP contribution in [0.3, 0.4) is 0 Å². The van der Waals surface area contributed by atoms with Crippen molar-refractivity contribution in [2.24, 2.45) is 0 Å². The van der Waals surface area contributed by atoms with E-state index >= 15 is 0 Å². The Bertz CT molecular complexity index is 2680. The van der Waals surface area contributed by atoms with Crippen molar-refractivity contribution >= 4 is 33.6 Å². The fraction of sp³-hybridized carbons (Fsp3) is 0.695. The third-order valence-electron chi connectivity index (χ3n) is 18.7. The maximum atomic E-state index is 13.0. The molecule has 5 atom stereocenters. The molecule has 0 aliphatic carbocycles. The number of hydrogen-bond donors (Lipinski definition) is 4. The smallest absolute Gasteiger partial charge is 0.463 e. The van der Waals surface area contributed by atoms with Crippen LogP contribution in [0.1, 0.15) is 367 Å². The van der Waals surface area contributed by atoms with Crippen molar-refractivity contribution in [3.8, 4) is 0 Å². The topological polar surface area (TPSA) is 231 Å². The van der Waals surface area contributed by atoms with Crippen LogP contribution in [0.4, 0.5) is 0 Å². The summed E-state index contributed by atoms with van der Waals surface area (Å²) in [7, 11) is -9.81. The van der Waals surface area contributed by atoms with E-state index in [1.54, 1.807) is 0 Å². The summed E-state index contributed by atoms with van der Waals surface area (Å²) in [6, 6.07) is 0. The maximum absolute atomic E-state index is 13.0. The molecule has 0 aromatic heterocycles. The maximum Gasteiger partial charge on any atom is 0.472 e. The summed E-state index contributed by atoms with van der Waals surface area (Å²) in [5, 5.41) is 20.7. The van der Waals surface area contributed by atoms with Crippen LogP contribution >= 0.6 is 15.6 Å². The summed E-state index contributed by atoms with van der Waals surface area (Å²) in [5.74, 6) is -1.59. The van der Waals surface area contributed by atoms with Gasteiger partial charge in [-0.05, 0) is 154 Å². The van der Waals surface area contributed by atoms with Gasteiger partial charge in [-0.2, -0.15) is 0 Å². The van der Waals surface area contributed by atoms with Crippen molar-refractivity contribution in [2.45, 2.75) is 386 Å².